The lowest BCUT2D eigenvalue weighted by Crippen LogP contribution is -2.12. The molecule has 1 heterocycles. The summed E-state index contributed by atoms with van der Waals surface area (Å²) in [5, 5.41) is 2.91. The molecule has 0 aliphatic carbocycles. The number of carbonyl (C=O) groups excluding carboxylic acids is 1. The van der Waals surface area contributed by atoms with E-state index in [-0.39, 0.29) is 5.91 Å². The SMILES string of the molecule is COc1ccc(NC(=O)c2ccc3nc[nH]c3c2)c(C)c1. The van der Waals surface area contributed by atoms with Crippen LogP contribution >= 0.6 is 0 Å². The van der Waals surface area contributed by atoms with E-state index in [1.807, 2.05) is 31.2 Å². The second kappa shape index (κ2) is 5.28. The molecule has 0 radical (unpaired) electrons. The first-order valence-corrected chi connectivity index (χ1v) is 6.56. The summed E-state index contributed by atoms with van der Waals surface area (Å²) >= 11 is 0. The molecule has 0 aliphatic rings. The highest BCUT2D eigenvalue weighted by Gasteiger charge is 2.09. The molecule has 0 aliphatic heterocycles. The number of hydrogen-bond acceptors (Lipinski definition) is 3. The second-order valence-corrected chi connectivity index (χ2v) is 4.77. The topological polar surface area (TPSA) is 67.0 Å². The van der Waals surface area contributed by atoms with Gasteiger partial charge in [-0.15, -0.1) is 0 Å². The number of nitrogens with zero attached hydrogens (tertiary/aromatic N) is 1. The van der Waals surface area contributed by atoms with Crippen LogP contribution in [-0.4, -0.2) is 23.0 Å². The average Bonchev–Trinajstić information content (AvgIpc) is 2.96. The van der Waals surface area contributed by atoms with Crippen molar-refractivity contribution in [1.29, 1.82) is 0 Å². The summed E-state index contributed by atoms with van der Waals surface area (Å²) in [6, 6.07) is 10.9. The number of rotatable bonds is 3. The number of methoxy groups -OCH3 is 1. The average molecular weight is 281 g/mol. The van der Waals surface area contributed by atoms with Crippen LogP contribution in [0.4, 0.5) is 5.69 Å². The van der Waals surface area contributed by atoms with Crippen molar-refractivity contribution in [1.82, 2.24) is 9.97 Å². The molecular weight excluding hydrogens is 266 g/mol. The minimum absolute atomic E-state index is 0.153. The van der Waals surface area contributed by atoms with Gasteiger partial charge in [0.1, 0.15) is 5.75 Å². The standard InChI is InChI=1S/C16H15N3O2/c1-10-7-12(21-2)4-6-13(10)19-16(20)11-3-5-14-15(8-11)18-9-17-14/h3-9H,1-2H3,(H,17,18)(H,19,20). The van der Waals surface area contributed by atoms with E-state index >= 15 is 0 Å². The number of ether oxygens (including phenoxy) is 1. The van der Waals surface area contributed by atoms with E-state index in [0.29, 0.717) is 5.56 Å². The second-order valence-electron chi connectivity index (χ2n) is 4.77. The Morgan fingerprint density at radius 3 is 2.86 bits per heavy atom. The fourth-order valence-corrected chi connectivity index (χ4v) is 2.17. The van der Waals surface area contributed by atoms with Gasteiger partial charge in [-0.25, -0.2) is 4.98 Å². The first kappa shape index (κ1) is 13.2. The zero-order chi connectivity index (χ0) is 14.8. The molecule has 1 amide bonds. The van der Waals surface area contributed by atoms with E-state index in [1.165, 1.54) is 0 Å². The van der Waals surface area contributed by atoms with Gasteiger partial charge in [-0.05, 0) is 48.9 Å². The van der Waals surface area contributed by atoms with Gasteiger partial charge in [0, 0.05) is 11.3 Å². The van der Waals surface area contributed by atoms with E-state index in [2.05, 4.69) is 15.3 Å². The van der Waals surface area contributed by atoms with Crippen LogP contribution in [-0.2, 0) is 0 Å². The number of anilines is 1. The molecule has 0 unspecified atom stereocenters. The lowest BCUT2D eigenvalue weighted by atomic mass is 10.1. The number of nitrogens with one attached hydrogen (secondary N) is 2. The van der Waals surface area contributed by atoms with Crippen LogP contribution in [0.3, 0.4) is 0 Å². The highest BCUT2D eigenvalue weighted by atomic mass is 16.5. The number of H-pyrrole nitrogens is 1. The summed E-state index contributed by atoms with van der Waals surface area (Å²) in [5.74, 6) is 0.615. The number of aromatic amines is 1. The van der Waals surface area contributed by atoms with E-state index < -0.39 is 0 Å². The molecule has 0 saturated carbocycles. The predicted molar refractivity (Wildman–Crippen MR) is 81.8 cm³/mol. The maximum absolute atomic E-state index is 12.3. The number of aromatic nitrogens is 2. The van der Waals surface area contributed by atoms with Gasteiger partial charge in [-0.3, -0.25) is 4.79 Å². The molecule has 0 saturated heterocycles. The van der Waals surface area contributed by atoms with Crippen molar-refractivity contribution in [3.8, 4) is 5.75 Å². The monoisotopic (exact) mass is 281 g/mol. The molecule has 3 aromatic rings. The Kier molecular flexibility index (Phi) is 3.31. The van der Waals surface area contributed by atoms with Crippen LogP contribution in [0, 0.1) is 6.92 Å². The Morgan fingerprint density at radius 1 is 1.24 bits per heavy atom. The van der Waals surface area contributed by atoms with Gasteiger partial charge in [0.25, 0.3) is 5.91 Å². The summed E-state index contributed by atoms with van der Waals surface area (Å²) in [7, 11) is 1.62. The van der Waals surface area contributed by atoms with Crippen molar-refractivity contribution >= 4 is 22.6 Å². The van der Waals surface area contributed by atoms with Gasteiger partial charge in [0.2, 0.25) is 0 Å². The highest BCUT2D eigenvalue weighted by Crippen LogP contribution is 2.22. The van der Waals surface area contributed by atoms with Crippen LogP contribution in [0.1, 0.15) is 15.9 Å². The molecule has 5 nitrogen and oxygen atoms in total. The molecule has 3 rings (SSSR count). The summed E-state index contributed by atoms with van der Waals surface area (Å²) in [6.07, 6.45) is 1.61. The van der Waals surface area contributed by atoms with Gasteiger partial charge in [0.05, 0.1) is 24.5 Å². The third kappa shape index (κ3) is 2.58. The number of carbonyl (C=O) groups is 1. The highest BCUT2D eigenvalue weighted by molar-refractivity contribution is 6.06. The van der Waals surface area contributed by atoms with E-state index in [4.69, 9.17) is 4.74 Å². The van der Waals surface area contributed by atoms with E-state index in [0.717, 1.165) is 28.0 Å². The molecular formula is C16H15N3O2. The molecule has 2 N–H and O–H groups in total. The van der Waals surface area contributed by atoms with Gasteiger partial charge < -0.3 is 15.0 Å². The first-order chi connectivity index (χ1) is 10.2. The van der Waals surface area contributed by atoms with Crippen molar-refractivity contribution in [2.75, 3.05) is 12.4 Å². The van der Waals surface area contributed by atoms with Crippen molar-refractivity contribution < 1.29 is 9.53 Å². The number of fused-ring (bicyclic) bond motifs is 1. The van der Waals surface area contributed by atoms with Crippen LogP contribution in [0.15, 0.2) is 42.7 Å². The normalized spacial score (nSPS) is 10.6. The minimum atomic E-state index is -0.153. The molecule has 0 fully saturated rings. The molecule has 106 valence electrons. The molecule has 0 bridgehead atoms. The summed E-state index contributed by atoms with van der Waals surface area (Å²) in [6.45, 7) is 1.93. The Balaban J connectivity index is 1.85. The zero-order valence-electron chi connectivity index (χ0n) is 11.8. The zero-order valence-corrected chi connectivity index (χ0v) is 11.8. The molecule has 21 heavy (non-hydrogen) atoms. The molecule has 0 atom stereocenters. The fraction of sp³-hybridized carbons (Fsp3) is 0.125. The summed E-state index contributed by atoms with van der Waals surface area (Å²) in [5.41, 5.74) is 3.99. The predicted octanol–water partition coefficient (Wildman–Crippen LogP) is 3.13. The third-order valence-electron chi connectivity index (χ3n) is 3.36. The van der Waals surface area contributed by atoms with Crippen molar-refractivity contribution in [3.05, 3.63) is 53.9 Å². The van der Waals surface area contributed by atoms with Crippen molar-refractivity contribution in [3.63, 3.8) is 0 Å². The van der Waals surface area contributed by atoms with Gasteiger partial charge in [-0.1, -0.05) is 0 Å². The van der Waals surface area contributed by atoms with Crippen LogP contribution in [0.2, 0.25) is 0 Å². The molecule has 2 aromatic carbocycles. The van der Waals surface area contributed by atoms with Crippen molar-refractivity contribution in [2.45, 2.75) is 6.92 Å². The first-order valence-electron chi connectivity index (χ1n) is 6.56. The quantitative estimate of drug-likeness (QED) is 0.775. The third-order valence-corrected chi connectivity index (χ3v) is 3.36. The Bertz CT molecular complexity index is 808. The summed E-state index contributed by atoms with van der Waals surface area (Å²) in [4.78, 5) is 19.4. The van der Waals surface area contributed by atoms with Gasteiger partial charge >= 0.3 is 0 Å². The van der Waals surface area contributed by atoms with Gasteiger partial charge in [0.15, 0.2) is 0 Å². The number of imidazole rings is 1. The number of hydrogen-bond donors (Lipinski definition) is 2. The lowest BCUT2D eigenvalue weighted by molar-refractivity contribution is 0.102. The maximum atomic E-state index is 12.3. The van der Waals surface area contributed by atoms with Crippen LogP contribution in [0.25, 0.3) is 11.0 Å². The Morgan fingerprint density at radius 2 is 2.10 bits per heavy atom. The number of aryl methyl sites for hydroxylation is 1. The molecule has 5 heteroatoms. The fourth-order valence-electron chi connectivity index (χ4n) is 2.17. The van der Waals surface area contributed by atoms with E-state index in [1.54, 1.807) is 25.6 Å². The van der Waals surface area contributed by atoms with Gasteiger partial charge in [-0.2, -0.15) is 0 Å². The number of benzene rings is 2. The maximum Gasteiger partial charge on any atom is 0.255 e. The summed E-state index contributed by atoms with van der Waals surface area (Å²) < 4.78 is 5.16. The Hall–Kier alpha value is -2.82. The molecule has 0 spiro atoms. The number of amides is 1. The Labute approximate surface area is 122 Å². The lowest BCUT2D eigenvalue weighted by Gasteiger charge is -2.10. The largest absolute Gasteiger partial charge is 0.497 e. The van der Waals surface area contributed by atoms with Crippen LogP contribution < -0.4 is 10.1 Å². The smallest absolute Gasteiger partial charge is 0.255 e. The molecule has 1 aromatic heterocycles. The minimum Gasteiger partial charge on any atom is -0.497 e. The van der Waals surface area contributed by atoms with Crippen LogP contribution in [0.5, 0.6) is 5.75 Å². The van der Waals surface area contributed by atoms with Crippen molar-refractivity contribution in [2.24, 2.45) is 0 Å². The van der Waals surface area contributed by atoms with E-state index in [9.17, 15) is 4.79 Å².